The predicted molar refractivity (Wildman–Crippen MR) is 133 cm³/mol. The van der Waals surface area contributed by atoms with Crippen molar-refractivity contribution in [3.63, 3.8) is 0 Å². The molecule has 0 fully saturated rings. The molecule has 0 spiro atoms. The van der Waals surface area contributed by atoms with Crippen LogP contribution in [0.3, 0.4) is 0 Å². The minimum atomic E-state index is -0.214. The zero-order chi connectivity index (χ0) is 22.9. The Bertz CT molecular complexity index is 891. The number of nitrogens with one attached hydrogen (secondary N) is 2. The van der Waals surface area contributed by atoms with Crippen LogP contribution in [0, 0.1) is 0 Å². The first-order chi connectivity index (χ1) is 13.6. The monoisotopic (exact) mass is 424 g/mol. The Labute approximate surface area is 187 Å². The number of amides is 1. The molecule has 0 atom stereocenters. The Hall–Kier alpha value is -2.20. The van der Waals surface area contributed by atoms with Crippen molar-refractivity contribution in [3.05, 3.63) is 64.7 Å². The highest BCUT2D eigenvalue weighted by molar-refractivity contribution is 7.80. The number of rotatable bonds is 2. The molecule has 0 saturated heterocycles. The van der Waals surface area contributed by atoms with Gasteiger partial charge in [-0.25, -0.2) is 0 Å². The van der Waals surface area contributed by atoms with Gasteiger partial charge in [-0.15, -0.1) is 0 Å². The van der Waals surface area contributed by atoms with E-state index in [-0.39, 0.29) is 22.2 Å². The molecule has 1 amide bonds. The maximum Gasteiger partial charge on any atom is 0.257 e. The molecule has 162 valence electrons. The van der Waals surface area contributed by atoms with Crippen LogP contribution in [0.2, 0.25) is 0 Å². The van der Waals surface area contributed by atoms with Crippen molar-refractivity contribution in [1.29, 1.82) is 0 Å². The summed E-state index contributed by atoms with van der Waals surface area (Å²) in [5.74, 6) is -0.214. The van der Waals surface area contributed by atoms with Gasteiger partial charge in [-0.05, 0) is 57.3 Å². The predicted octanol–water partition coefficient (Wildman–Crippen LogP) is 6.71. The van der Waals surface area contributed by atoms with E-state index in [1.807, 2.05) is 18.2 Å². The first-order valence-electron chi connectivity index (χ1n) is 10.5. The highest BCUT2D eigenvalue weighted by Gasteiger charge is 2.29. The summed E-state index contributed by atoms with van der Waals surface area (Å²) in [7, 11) is 0. The molecule has 0 unspecified atom stereocenters. The second kappa shape index (κ2) is 8.50. The third-order valence-electron chi connectivity index (χ3n) is 5.12. The SMILES string of the molecule is CC(C)(C)c1cc(C(C)(C)C)c(NC(=S)NC(=O)c2ccccc2)c(C(C)(C)C)c1. The lowest BCUT2D eigenvalue weighted by molar-refractivity contribution is 0.0977. The zero-order valence-corrected chi connectivity index (χ0v) is 20.7. The van der Waals surface area contributed by atoms with Crippen molar-refractivity contribution in [2.45, 2.75) is 78.6 Å². The van der Waals surface area contributed by atoms with Gasteiger partial charge in [0.2, 0.25) is 0 Å². The molecule has 0 heterocycles. The molecule has 30 heavy (non-hydrogen) atoms. The molecule has 4 heteroatoms. The molecule has 2 aromatic carbocycles. The smallest absolute Gasteiger partial charge is 0.257 e. The van der Waals surface area contributed by atoms with Crippen molar-refractivity contribution in [2.75, 3.05) is 5.32 Å². The Morgan fingerprint density at radius 2 is 1.23 bits per heavy atom. The van der Waals surface area contributed by atoms with Gasteiger partial charge in [0.25, 0.3) is 5.91 Å². The van der Waals surface area contributed by atoms with Gasteiger partial charge in [-0.2, -0.15) is 0 Å². The van der Waals surface area contributed by atoms with Gasteiger partial charge in [0.1, 0.15) is 0 Å². The zero-order valence-electron chi connectivity index (χ0n) is 19.9. The lowest BCUT2D eigenvalue weighted by Gasteiger charge is -2.34. The summed E-state index contributed by atoms with van der Waals surface area (Å²) < 4.78 is 0. The van der Waals surface area contributed by atoms with E-state index in [0.717, 1.165) is 5.69 Å². The number of carbonyl (C=O) groups is 1. The summed E-state index contributed by atoms with van der Waals surface area (Å²) in [4.78, 5) is 12.6. The van der Waals surface area contributed by atoms with E-state index in [2.05, 4.69) is 85.1 Å². The minimum Gasteiger partial charge on any atom is -0.332 e. The number of anilines is 1. The van der Waals surface area contributed by atoms with E-state index in [1.165, 1.54) is 16.7 Å². The van der Waals surface area contributed by atoms with E-state index < -0.39 is 0 Å². The van der Waals surface area contributed by atoms with Gasteiger partial charge >= 0.3 is 0 Å². The van der Waals surface area contributed by atoms with Gasteiger partial charge in [0.15, 0.2) is 5.11 Å². The van der Waals surface area contributed by atoms with Crippen molar-refractivity contribution in [2.24, 2.45) is 0 Å². The Balaban J connectivity index is 2.51. The van der Waals surface area contributed by atoms with Crippen LogP contribution in [0.5, 0.6) is 0 Å². The molecular formula is C26H36N2OS. The fourth-order valence-corrected chi connectivity index (χ4v) is 3.50. The molecule has 0 bridgehead atoms. The molecule has 0 aliphatic rings. The average Bonchev–Trinajstić information content (AvgIpc) is 2.59. The van der Waals surface area contributed by atoms with Crippen LogP contribution in [-0.2, 0) is 16.2 Å². The van der Waals surface area contributed by atoms with Crippen molar-refractivity contribution >= 4 is 28.9 Å². The topological polar surface area (TPSA) is 41.1 Å². The lowest BCUT2D eigenvalue weighted by atomic mass is 9.74. The molecule has 2 N–H and O–H groups in total. The van der Waals surface area contributed by atoms with Crippen molar-refractivity contribution in [1.82, 2.24) is 5.32 Å². The van der Waals surface area contributed by atoms with Gasteiger partial charge < -0.3 is 5.32 Å². The van der Waals surface area contributed by atoms with Gasteiger partial charge in [-0.3, -0.25) is 10.1 Å². The van der Waals surface area contributed by atoms with Crippen molar-refractivity contribution < 1.29 is 4.79 Å². The summed E-state index contributed by atoms with van der Waals surface area (Å²) in [5.41, 5.74) is 5.08. The Kier molecular flexibility index (Phi) is 6.82. The maximum absolute atomic E-state index is 12.6. The van der Waals surface area contributed by atoms with Crippen LogP contribution < -0.4 is 10.6 Å². The summed E-state index contributed by atoms with van der Waals surface area (Å²) >= 11 is 5.54. The first kappa shape index (κ1) is 24.1. The maximum atomic E-state index is 12.6. The van der Waals surface area contributed by atoms with Crippen LogP contribution >= 0.6 is 12.2 Å². The quantitative estimate of drug-likeness (QED) is 0.527. The average molecular weight is 425 g/mol. The second-order valence-corrected chi connectivity index (χ2v) is 11.4. The first-order valence-corrected chi connectivity index (χ1v) is 10.9. The van der Waals surface area contributed by atoms with E-state index in [9.17, 15) is 4.79 Å². The summed E-state index contributed by atoms with van der Waals surface area (Å²) in [6.45, 7) is 19.9. The van der Waals surface area contributed by atoms with E-state index >= 15 is 0 Å². The number of carbonyl (C=O) groups excluding carboxylic acids is 1. The van der Waals surface area contributed by atoms with Crippen LogP contribution in [0.15, 0.2) is 42.5 Å². The third kappa shape index (κ3) is 5.91. The van der Waals surface area contributed by atoms with Crippen LogP contribution in [0.25, 0.3) is 0 Å². The van der Waals surface area contributed by atoms with E-state index in [0.29, 0.717) is 10.7 Å². The molecule has 0 aromatic heterocycles. The normalized spacial score (nSPS) is 12.4. The Morgan fingerprint density at radius 1 is 0.767 bits per heavy atom. The summed E-state index contributed by atoms with van der Waals surface area (Å²) in [5, 5.41) is 6.51. The molecule has 2 rings (SSSR count). The fraction of sp³-hybridized carbons (Fsp3) is 0.462. The highest BCUT2D eigenvalue weighted by atomic mass is 32.1. The molecule has 0 aliphatic carbocycles. The summed E-state index contributed by atoms with van der Waals surface area (Å²) in [6.07, 6.45) is 0. The van der Waals surface area contributed by atoms with Gasteiger partial charge in [0.05, 0.1) is 0 Å². The van der Waals surface area contributed by atoms with E-state index in [4.69, 9.17) is 12.2 Å². The number of hydrogen-bond donors (Lipinski definition) is 2. The van der Waals surface area contributed by atoms with Gasteiger partial charge in [0, 0.05) is 11.3 Å². The van der Waals surface area contributed by atoms with Crippen LogP contribution in [0.4, 0.5) is 5.69 Å². The molecule has 0 radical (unpaired) electrons. The van der Waals surface area contributed by atoms with Crippen LogP contribution in [0.1, 0.15) is 89.4 Å². The number of thiocarbonyl (C=S) groups is 1. The third-order valence-corrected chi connectivity index (χ3v) is 5.33. The van der Waals surface area contributed by atoms with Crippen molar-refractivity contribution in [3.8, 4) is 0 Å². The van der Waals surface area contributed by atoms with E-state index in [1.54, 1.807) is 12.1 Å². The number of benzene rings is 2. The molecular weight excluding hydrogens is 388 g/mol. The molecule has 2 aromatic rings. The summed E-state index contributed by atoms with van der Waals surface area (Å²) in [6, 6.07) is 13.7. The largest absolute Gasteiger partial charge is 0.332 e. The molecule has 0 saturated carbocycles. The minimum absolute atomic E-state index is 0.0283. The second-order valence-electron chi connectivity index (χ2n) is 11.0. The standard InChI is InChI=1S/C26H36N2OS/c1-24(2,3)18-15-19(25(4,5)6)21(20(16-18)26(7,8)9)27-23(30)28-22(29)17-13-11-10-12-14-17/h10-16H,1-9H3,(H2,27,28,29,30). The molecule has 0 aliphatic heterocycles. The van der Waals surface area contributed by atoms with Gasteiger partial charge in [-0.1, -0.05) is 92.6 Å². The number of hydrogen-bond acceptors (Lipinski definition) is 2. The molecule has 3 nitrogen and oxygen atoms in total. The fourth-order valence-electron chi connectivity index (χ4n) is 3.30. The Morgan fingerprint density at radius 3 is 1.63 bits per heavy atom. The lowest BCUT2D eigenvalue weighted by Crippen LogP contribution is -2.36. The highest BCUT2D eigenvalue weighted by Crippen LogP contribution is 2.41. The van der Waals surface area contributed by atoms with Crippen LogP contribution in [-0.4, -0.2) is 11.0 Å².